The SMILES string of the molecule is C[C@@H](C(N)=O)c1cccc(O)c1. The lowest BCUT2D eigenvalue weighted by molar-refractivity contribution is -0.119. The molecule has 0 saturated carbocycles. The lowest BCUT2D eigenvalue weighted by Crippen LogP contribution is -2.18. The fraction of sp³-hybridized carbons (Fsp3) is 0.222. The molecule has 0 spiro atoms. The van der Waals surface area contributed by atoms with Crippen molar-refractivity contribution in [2.75, 3.05) is 0 Å². The van der Waals surface area contributed by atoms with E-state index < -0.39 is 0 Å². The van der Waals surface area contributed by atoms with E-state index in [2.05, 4.69) is 0 Å². The molecule has 1 amide bonds. The van der Waals surface area contributed by atoms with E-state index in [1.54, 1.807) is 25.1 Å². The number of carbonyl (C=O) groups is 1. The monoisotopic (exact) mass is 165 g/mol. The van der Waals surface area contributed by atoms with Crippen LogP contribution >= 0.6 is 0 Å². The fourth-order valence-electron chi connectivity index (χ4n) is 0.958. The van der Waals surface area contributed by atoms with Crippen molar-refractivity contribution in [1.82, 2.24) is 0 Å². The second-order valence-corrected chi connectivity index (χ2v) is 2.72. The molecule has 0 radical (unpaired) electrons. The molecule has 0 aliphatic carbocycles. The molecule has 3 N–H and O–H groups in total. The molecule has 0 aromatic heterocycles. The zero-order valence-electron chi connectivity index (χ0n) is 6.82. The summed E-state index contributed by atoms with van der Waals surface area (Å²) in [4.78, 5) is 10.8. The predicted octanol–water partition coefficient (Wildman–Crippen LogP) is 0.981. The maximum atomic E-state index is 10.8. The van der Waals surface area contributed by atoms with Crippen LogP contribution in [-0.4, -0.2) is 11.0 Å². The number of aromatic hydroxyl groups is 1. The minimum atomic E-state index is -0.388. The number of rotatable bonds is 2. The molecule has 64 valence electrons. The summed E-state index contributed by atoms with van der Waals surface area (Å²) in [6.07, 6.45) is 0. The molecular formula is C9H11NO2. The highest BCUT2D eigenvalue weighted by Gasteiger charge is 2.10. The first-order chi connectivity index (χ1) is 5.61. The molecule has 0 saturated heterocycles. The highest BCUT2D eigenvalue weighted by molar-refractivity contribution is 5.81. The Hall–Kier alpha value is -1.51. The van der Waals surface area contributed by atoms with E-state index in [1.807, 2.05) is 0 Å². The average Bonchev–Trinajstić information content (AvgIpc) is 2.03. The maximum absolute atomic E-state index is 10.8. The Morgan fingerprint density at radius 1 is 1.58 bits per heavy atom. The summed E-state index contributed by atoms with van der Waals surface area (Å²) in [5.41, 5.74) is 5.84. The van der Waals surface area contributed by atoms with Crippen molar-refractivity contribution in [3.8, 4) is 5.75 Å². The normalized spacial score (nSPS) is 12.4. The Morgan fingerprint density at radius 2 is 2.25 bits per heavy atom. The number of benzene rings is 1. The topological polar surface area (TPSA) is 63.3 Å². The van der Waals surface area contributed by atoms with E-state index in [4.69, 9.17) is 10.8 Å². The summed E-state index contributed by atoms with van der Waals surface area (Å²) in [5, 5.41) is 9.09. The number of nitrogens with two attached hydrogens (primary N) is 1. The van der Waals surface area contributed by atoms with Crippen LogP contribution in [0.1, 0.15) is 18.4 Å². The second kappa shape index (κ2) is 3.26. The van der Waals surface area contributed by atoms with E-state index in [9.17, 15) is 4.79 Å². The second-order valence-electron chi connectivity index (χ2n) is 2.72. The van der Waals surface area contributed by atoms with Gasteiger partial charge < -0.3 is 10.8 Å². The van der Waals surface area contributed by atoms with Crippen LogP contribution in [0.4, 0.5) is 0 Å². The van der Waals surface area contributed by atoms with Crippen LogP contribution in [0.2, 0.25) is 0 Å². The van der Waals surface area contributed by atoms with Gasteiger partial charge in [-0.25, -0.2) is 0 Å². The van der Waals surface area contributed by atoms with Crippen LogP contribution in [0, 0.1) is 0 Å². The number of primary amides is 1. The summed E-state index contributed by atoms with van der Waals surface area (Å²) in [7, 11) is 0. The quantitative estimate of drug-likeness (QED) is 0.686. The van der Waals surface area contributed by atoms with Crippen LogP contribution in [0.3, 0.4) is 0 Å². The van der Waals surface area contributed by atoms with E-state index in [0.29, 0.717) is 0 Å². The third kappa shape index (κ3) is 1.75. The Kier molecular flexibility index (Phi) is 2.33. The zero-order chi connectivity index (χ0) is 9.14. The fourth-order valence-corrected chi connectivity index (χ4v) is 0.958. The summed E-state index contributed by atoms with van der Waals surface area (Å²) < 4.78 is 0. The molecule has 1 aromatic carbocycles. The third-order valence-corrected chi connectivity index (χ3v) is 1.80. The van der Waals surface area contributed by atoms with Gasteiger partial charge in [-0.1, -0.05) is 12.1 Å². The molecule has 0 aliphatic rings. The van der Waals surface area contributed by atoms with Crippen LogP contribution in [-0.2, 0) is 4.79 Å². The first kappa shape index (κ1) is 8.59. The Morgan fingerprint density at radius 3 is 2.75 bits per heavy atom. The zero-order valence-corrected chi connectivity index (χ0v) is 6.82. The van der Waals surface area contributed by atoms with Gasteiger partial charge in [0.15, 0.2) is 0 Å². The van der Waals surface area contributed by atoms with Crippen molar-refractivity contribution in [2.24, 2.45) is 5.73 Å². The van der Waals surface area contributed by atoms with Crippen molar-refractivity contribution in [3.05, 3.63) is 29.8 Å². The van der Waals surface area contributed by atoms with Crippen molar-refractivity contribution >= 4 is 5.91 Å². The molecule has 1 aromatic rings. The largest absolute Gasteiger partial charge is 0.508 e. The minimum absolute atomic E-state index is 0.153. The molecular weight excluding hydrogens is 154 g/mol. The number of hydrogen-bond donors (Lipinski definition) is 2. The summed E-state index contributed by atoms with van der Waals surface area (Å²) in [6.45, 7) is 1.71. The molecule has 1 atom stereocenters. The number of phenols is 1. The van der Waals surface area contributed by atoms with Gasteiger partial charge in [0.05, 0.1) is 5.92 Å². The molecule has 1 rings (SSSR count). The van der Waals surface area contributed by atoms with Gasteiger partial charge in [0, 0.05) is 0 Å². The average molecular weight is 165 g/mol. The standard InChI is InChI=1S/C9H11NO2/c1-6(9(10)12)7-3-2-4-8(11)5-7/h2-6,11H,1H3,(H2,10,12)/t6-/m1/s1. The van der Waals surface area contributed by atoms with Gasteiger partial charge in [0.25, 0.3) is 0 Å². The summed E-state index contributed by atoms with van der Waals surface area (Å²) in [6, 6.07) is 6.53. The number of hydrogen-bond acceptors (Lipinski definition) is 2. The molecule has 3 heteroatoms. The third-order valence-electron chi connectivity index (χ3n) is 1.80. The molecule has 0 fully saturated rings. The summed E-state index contributed by atoms with van der Waals surface area (Å²) >= 11 is 0. The Balaban J connectivity index is 2.95. The Bertz CT molecular complexity index is 296. The summed E-state index contributed by atoms with van der Waals surface area (Å²) in [5.74, 6) is -0.585. The first-order valence-electron chi connectivity index (χ1n) is 3.69. The van der Waals surface area contributed by atoms with Gasteiger partial charge in [-0.05, 0) is 24.6 Å². The highest BCUT2D eigenvalue weighted by atomic mass is 16.3. The van der Waals surface area contributed by atoms with Gasteiger partial charge in [-0.15, -0.1) is 0 Å². The van der Waals surface area contributed by atoms with Gasteiger partial charge in [0.2, 0.25) is 5.91 Å². The maximum Gasteiger partial charge on any atom is 0.224 e. The van der Waals surface area contributed by atoms with Crippen molar-refractivity contribution in [3.63, 3.8) is 0 Å². The van der Waals surface area contributed by atoms with Gasteiger partial charge >= 0.3 is 0 Å². The number of amides is 1. The molecule has 0 aliphatic heterocycles. The van der Waals surface area contributed by atoms with Crippen molar-refractivity contribution in [2.45, 2.75) is 12.8 Å². The molecule has 0 unspecified atom stereocenters. The predicted molar refractivity (Wildman–Crippen MR) is 45.7 cm³/mol. The van der Waals surface area contributed by atoms with E-state index in [-0.39, 0.29) is 17.6 Å². The van der Waals surface area contributed by atoms with Crippen molar-refractivity contribution < 1.29 is 9.90 Å². The molecule has 0 bridgehead atoms. The highest BCUT2D eigenvalue weighted by Crippen LogP contribution is 2.18. The van der Waals surface area contributed by atoms with Crippen LogP contribution in [0.5, 0.6) is 5.75 Å². The van der Waals surface area contributed by atoms with Crippen LogP contribution < -0.4 is 5.73 Å². The molecule has 12 heavy (non-hydrogen) atoms. The first-order valence-corrected chi connectivity index (χ1v) is 3.69. The van der Waals surface area contributed by atoms with Crippen LogP contribution in [0.25, 0.3) is 0 Å². The molecule has 3 nitrogen and oxygen atoms in total. The minimum Gasteiger partial charge on any atom is -0.508 e. The number of carbonyl (C=O) groups excluding carboxylic acids is 1. The van der Waals surface area contributed by atoms with Crippen LogP contribution in [0.15, 0.2) is 24.3 Å². The van der Waals surface area contributed by atoms with Gasteiger partial charge in [-0.2, -0.15) is 0 Å². The number of phenolic OH excluding ortho intramolecular Hbond substituents is 1. The lowest BCUT2D eigenvalue weighted by atomic mass is 10.0. The van der Waals surface area contributed by atoms with Gasteiger partial charge in [-0.3, -0.25) is 4.79 Å². The van der Waals surface area contributed by atoms with Crippen molar-refractivity contribution in [1.29, 1.82) is 0 Å². The lowest BCUT2D eigenvalue weighted by Gasteiger charge is -2.06. The van der Waals surface area contributed by atoms with E-state index in [1.165, 1.54) is 6.07 Å². The Labute approximate surface area is 70.8 Å². The van der Waals surface area contributed by atoms with E-state index in [0.717, 1.165) is 5.56 Å². The molecule has 0 heterocycles. The van der Waals surface area contributed by atoms with E-state index >= 15 is 0 Å². The van der Waals surface area contributed by atoms with Gasteiger partial charge in [0.1, 0.15) is 5.75 Å². The smallest absolute Gasteiger partial charge is 0.224 e.